The van der Waals surface area contributed by atoms with Gasteiger partial charge in [0.2, 0.25) is 11.7 Å². The van der Waals surface area contributed by atoms with Gasteiger partial charge in [-0.05, 0) is 19.8 Å². The minimum atomic E-state index is -0.353. The lowest BCUT2D eigenvalue weighted by atomic mass is 9.93. The second kappa shape index (κ2) is 5.38. The number of hydrogen-bond donors (Lipinski definition) is 2. The van der Waals surface area contributed by atoms with E-state index in [0.29, 0.717) is 18.8 Å². The summed E-state index contributed by atoms with van der Waals surface area (Å²) in [6, 6.07) is 0.0756. The Kier molecular flexibility index (Phi) is 3.82. The van der Waals surface area contributed by atoms with Crippen LogP contribution in [-0.2, 0) is 11.2 Å². The van der Waals surface area contributed by atoms with E-state index in [1.54, 1.807) is 4.90 Å². The highest BCUT2D eigenvalue weighted by molar-refractivity contribution is 5.91. The molecule has 2 heterocycles. The second-order valence-corrected chi connectivity index (χ2v) is 4.94. The molecule has 0 spiro atoms. The molecule has 104 valence electrons. The number of aromatic nitrogens is 3. The topological polar surface area (TPSA) is 105 Å². The first-order valence-electron chi connectivity index (χ1n) is 6.54. The standard InChI is InChI=1S/C12H19N5O2/c1-3-9-14-11(16-15-9)12(19)17-6-8(10(13)18)5-4-7(17)2/h7-8H,3-6H2,1-2H3,(H2,13,18)(H,14,15,16). The summed E-state index contributed by atoms with van der Waals surface area (Å²) in [5.74, 6) is -0.0265. The number of carbonyl (C=O) groups is 2. The Hall–Kier alpha value is -1.92. The van der Waals surface area contributed by atoms with Crippen LogP contribution in [0.3, 0.4) is 0 Å². The van der Waals surface area contributed by atoms with Gasteiger partial charge in [-0.25, -0.2) is 4.98 Å². The molecule has 1 aliphatic heterocycles. The van der Waals surface area contributed by atoms with E-state index in [2.05, 4.69) is 15.2 Å². The van der Waals surface area contributed by atoms with Crippen LogP contribution in [0.15, 0.2) is 0 Å². The number of H-pyrrole nitrogens is 1. The molecule has 2 amide bonds. The average molecular weight is 265 g/mol. The highest BCUT2D eigenvalue weighted by Crippen LogP contribution is 2.22. The first-order valence-corrected chi connectivity index (χ1v) is 6.54. The molecule has 1 fully saturated rings. The van der Waals surface area contributed by atoms with Gasteiger partial charge in [0.25, 0.3) is 5.91 Å². The van der Waals surface area contributed by atoms with Gasteiger partial charge >= 0.3 is 0 Å². The number of nitrogens with one attached hydrogen (secondary N) is 1. The molecule has 3 N–H and O–H groups in total. The summed E-state index contributed by atoms with van der Waals surface area (Å²) in [4.78, 5) is 29.4. The maximum absolute atomic E-state index is 12.3. The summed E-state index contributed by atoms with van der Waals surface area (Å²) >= 11 is 0. The molecular formula is C12H19N5O2. The number of amides is 2. The first-order chi connectivity index (χ1) is 9.02. The molecule has 7 nitrogen and oxygen atoms in total. The average Bonchev–Trinajstić information content (AvgIpc) is 2.87. The number of nitrogens with zero attached hydrogens (tertiary/aromatic N) is 3. The molecule has 0 aliphatic carbocycles. The van der Waals surface area contributed by atoms with Crippen LogP contribution in [0.5, 0.6) is 0 Å². The molecule has 2 atom stereocenters. The third kappa shape index (κ3) is 2.74. The molecule has 0 bridgehead atoms. The predicted octanol–water partition coefficient (Wildman–Crippen LogP) is 0.0931. The smallest absolute Gasteiger partial charge is 0.293 e. The third-order valence-corrected chi connectivity index (χ3v) is 3.60. The summed E-state index contributed by atoms with van der Waals surface area (Å²) in [7, 11) is 0. The Balaban J connectivity index is 2.14. The summed E-state index contributed by atoms with van der Waals surface area (Å²) < 4.78 is 0. The predicted molar refractivity (Wildman–Crippen MR) is 68.2 cm³/mol. The summed E-state index contributed by atoms with van der Waals surface area (Å²) in [5.41, 5.74) is 5.33. The Morgan fingerprint density at radius 1 is 1.47 bits per heavy atom. The van der Waals surface area contributed by atoms with Crippen molar-refractivity contribution < 1.29 is 9.59 Å². The minimum Gasteiger partial charge on any atom is -0.369 e. The SMILES string of the molecule is CCc1nc(C(=O)N2CC(C(N)=O)CCC2C)n[nH]1. The Labute approximate surface area is 111 Å². The Morgan fingerprint density at radius 3 is 2.79 bits per heavy atom. The Bertz CT molecular complexity index is 484. The van der Waals surface area contributed by atoms with Crippen molar-refractivity contribution in [3.63, 3.8) is 0 Å². The van der Waals surface area contributed by atoms with Gasteiger partial charge in [-0.15, -0.1) is 5.10 Å². The fourth-order valence-electron chi connectivity index (χ4n) is 2.30. The number of aryl methyl sites for hydroxylation is 1. The van der Waals surface area contributed by atoms with E-state index in [9.17, 15) is 9.59 Å². The van der Waals surface area contributed by atoms with Crippen LogP contribution < -0.4 is 5.73 Å². The van der Waals surface area contributed by atoms with E-state index in [-0.39, 0.29) is 29.6 Å². The summed E-state index contributed by atoms with van der Waals surface area (Å²) in [6.45, 7) is 4.25. The summed E-state index contributed by atoms with van der Waals surface area (Å²) in [5, 5.41) is 6.65. The molecule has 7 heteroatoms. The van der Waals surface area contributed by atoms with Crippen molar-refractivity contribution >= 4 is 11.8 Å². The molecule has 1 aliphatic rings. The molecule has 19 heavy (non-hydrogen) atoms. The second-order valence-electron chi connectivity index (χ2n) is 4.94. The van der Waals surface area contributed by atoms with Crippen LogP contribution in [0.25, 0.3) is 0 Å². The van der Waals surface area contributed by atoms with Gasteiger partial charge in [-0.1, -0.05) is 6.92 Å². The third-order valence-electron chi connectivity index (χ3n) is 3.60. The zero-order valence-electron chi connectivity index (χ0n) is 11.2. The number of nitrogens with two attached hydrogens (primary N) is 1. The van der Waals surface area contributed by atoms with Crippen LogP contribution in [0.2, 0.25) is 0 Å². The number of primary amides is 1. The van der Waals surface area contributed by atoms with Crippen LogP contribution in [0.1, 0.15) is 43.1 Å². The van der Waals surface area contributed by atoms with Crippen molar-refractivity contribution in [3.05, 3.63) is 11.6 Å². The molecule has 0 saturated carbocycles. The monoisotopic (exact) mass is 265 g/mol. The zero-order valence-corrected chi connectivity index (χ0v) is 11.2. The largest absolute Gasteiger partial charge is 0.369 e. The molecular weight excluding hydrogens is 246 g/mol. The lowest BCUT2D eigenvalue weighted by Crippen LogP contribution is -2.48. The highest BCUT2D eigenvalue weighted by Gasteiger charge is 2.33. The van der Waals surface area contributed by atoms with E-state index in [1.165, 1.54) is 0 Å². The number of likely N-dealkylation sites (tertiary alicyclic amines) is 1. The van der Waals surface area contributed by atoms with Crippen LogP contribution in [0.4, 0.5) is 0 Å². The molecule has 0 aromatic carbocycles. The normalized spacial score (nSPS) is 23.4. The van der Waals surface area contributed by atoms with Crippen molar-refractivity contribution in [2.24, 2.45) is 11.7 Å². The first kappa shape index (κ1) is 13.5. The number of aromatic amines is 1. The number of hydrogen-bond acceptors (Lipinski definition) is 4. The fourth-order valence-corrected chi connectivity index (χ4v) is 2.30. The van der Waals surface area contributed by atoms with Gasteiger partial charge in [0.15, 0.2) is 0 Å². The van der Waals surface area contributed by atoms with Crippen LogP contribution >= 0.6 is 0 Å². The van der Waals surface area contributed by atoms with Crippen molar-refractivity contribution in [3.8, 4) is 0 Å². The van der Waals surface area contributed by atoms with Gasteiger partial charge in [0, 0.05) is 19.0 Å². The molecule has 0 radical (unpaired) electrons. The highest BCUT2D eigenvalue weighted by atomic mass is 16.2. The molecule has 2 unspecified atom stereocenters. The number of piperidine rings is 1. The zero-order chi connectivity index (χ0) is 14.0. The minimum absolute atomic E-state index is 0.0756. The quantitative estimate of drug-likeness (QED) is 0.808. The van der Waals surface area contributed by atoms with Gasteiger partial charge < -0.3 is 10.6 Å². The maximum atomic E-state index is 12.3. The molecule has 1 saturated heterocycles. The van der Waals surface area contributed by atoms with E-state index < -0.39 is 0 Å². The fraction of sp³-hybridized carbons (Fsp3) is 0.667. The van der Waals surface area contributed by atoms with Crippen molar-refractivity contribution in [1.82, 2.24) is 20.1 Å². The van der Waals surface area contributed by atoms with Crippen molar-refractivity contribution in [1.29, 1.82) is 0 Å². The van der Waals surface area contributed by atoms with E-state index >= 15 is 0 Å². The van der Waals surface area contributed by atoms with Crippen molar-refractivity contribution in [2.45, 2.75) is 39.2 Å². The lowest BCUT2D eigenvalue weighted by molar-refractivity contribution is -0.123. The Morgan fingerprint density at radius 2 is 2.21 bits per heavy atom. The van der Waals surface area contributed by atoms with E-state index in [1.807, 2.05) is 13.8 Å². The maximum Gasteiger partial charge on any atom is 0.293 e. The van der Waals surface area contributed by atoms with Crippen LogP contribution in [-0.4, -0.2) is 44.5 Å². The number of carbonyl (C=O) groups excluding carboxylic acids is 2. The summed E-state index contributed by atoms with van der Waals surface area (Å²) in [6.07, 6.45) is 2.19. The van der Waals surface area contributed by atoms with E-state index in [0.717, 1.165) is 12.8 Å². The lowest BCUT2D eigenvalue weighted by Gasteiger charge is -2.36. The van der Waals surface area contributed by atoms with E-state index in [4.69, 9.17) is 5.73 Å². The van der Waals surface area contributed by atoms with Gasteiger partial charge in [-0.2, -0.15) is 0 Å². The van der Waals surface area contributed by atoms with Crippen molar-refractivity contribution in [2.75, 3.05) is 6.54 Å². The van der Waals surface area contributed by atoms with Crippen LogP contribution in [0, 0.1) is 5.92 Å². The van der Waals surface area contributed by atoms with Gasteiger partial charge in [0.1, 0.15) is 5.82 Å². The molecule has 1 aromatic heterocycles. The number of rotatable bonds is 3. The van der Waals surface area contributed by atoms with Gasteiger partial charge in [0.05, 0.1) is 5.92 Å². The molecule has 1 aromatic rings. The van der Waals surface area contributed by atoms with Gasteiger partial charge in [-0.3, -0.25) is 14.7 Å². The molecule has 2 rings (SSSR count).